The van der Waals surface area contributed by atoms with E-state index in [1.54, 1.807) is 6.07 Å². The zero-order valence-corrected chi connectivity index (χ0v) is 15.4. The van der Waals surface area contributed by atoms with Crippen LogP contribution in [-0.2, 0) is 17.4 Å². The lowest BCUT2D eigenvalue weighted by Crippen LogP contribution is -2.13. The minimum atomic E-state index is -4.70. The van der Waals surface area contributed by atoms with E-state index in [2.05, 4.69) is 0 Å². The van der Waals surface area contributed by atoms with Crippen LogP contribution in [0, 0.1) is 0 Å². The van der Waals surface area contributed by atoms with Crippen molar-refractivity contribution in [2.45, 2.75) is 32.4 Å². The number of hydrogen-bond acceptors (Lipinski definition) is 3. The van der Waals surface area contributed by atoms with Gasteiger partial charge in [0.25, 0.3) is 0 Å². The SMILES string of the molecule is CC(C)c1cc(Cc2c(Cl)cc(OCC(=O)O)cc2C(F)(F)F)ccc1O. The maximum atomic E-state index is 13.5. The fourth-order valence-electron chi connectivity index (χ4n) is 2.65. The molecule has 0 saturated carbocycles. The Hall–Kier alpha value is -2.41. The second-order valence-corrected chi connectivity index (χ2v) is 6.74. The highest BCUT2D eigenvalue weighted by Gasteiger charge is 2.35. The summed E-state index contributed by atoms with van der Waals surface area (Å²) in [6.07, 6.45) is -4.80. The molecule has 0 aromatic heterocycles. The molecule has 0 aliphatic heterocycles. The summed E-state index contributed by atoms with van der Waals surface area (Å²) in [6.45, 7) is 2.95. The van der Waals surface area contributed by atoms with E-state index in [-0.39, 0.29) is 34.4 Å². The molecule has 0 aliphatic rings. The van der Waals surface area contributed by atoms with Gasteiger partial charge in [-0.1, -0.05) is 37.6 Å². The summed E-state index contributed by atoms with van der Waals surface area (Å²) in [6, 6.07) is 6.53. The summed E-state index contributed by atoms with van der Waals surface area (Å²) in [5.41, 5.74) is 0.0449. The summed E-state index contributed by atoms with van der Waals surface area (Å²) in [5, 5.41) is 18.3. The molecule has 0 saturated heterocycles. The summed E-state index contributed by atoms with van der Waals surface area (Å²) >= 11 is 6.06. The first-order chi connectivity index (χ1) is 12.5. The number of rotatable bonds is 6. The van der Waals surface area contributed by atoms with E-state index in [0.29, 0.717) is 11.1 Å². The van der Waals surface area contributed by atoms with Crippen LogP contribution in [0.25, 0.3) is 0 Å². The third-order valence-corrected chi connectivity index (χ3v) is 4.27. The van der Waals surface area contributed by atoms with Crippen molar-refractivity contribution in [3.8, 4) is 11.5 Å². The van der Waals surface area contributed by atoms with Crippen LogP contribution < -0.4 is 4.74 Å². The highest BCUT2D eigenvalue weighted by atomic mass is 35.5. The largest absolute Gasteiger partial charge is 0.508 e. The average Bonchev–Trinajstić information content (AvgIpc) is 2.55. The van der Waals surface area contributed by atoms with Crippen LogP contribution in [0.3, 0.4) is 0 Å². The molecule has 0 spiro atoms. The van der Waals surface area contributed by atoms with Crippen molar-refractivity contribution in [3.63, 3.8) is 0 Å². The molecule has 2 N–H and O–H groups in total. The Kier molecular flexibility index (Phi) is 6.26. The zero-order chi connectivity index (χ0) is 20.4. The van der Waals surface area contributed by atoms with Gasteiger partial charge in [0.2, 0.25) is 0 Å². The molecule has 0 atom stereocenters. The molecule has 2 aromatic carbocycles. The highest BCUT2D eigenvalue weighted by Crippen LogP contribution is 2.39. The average molecular weight is 403 g/mol. The molecule has 0 amide bonds. The number of aromatic hydroxyl groups is 1. The molecule has 0 fully saturated rings. The van der Waals surface area contributed by atoms with E-state index < -0.39 is 24.3 Å². The number of ether oxygens (including phenoxy) is 1. The van der Waals surface area contributed by atoms with Gasteiger partial charge in [0, 0.05) is 5.02 Å². The molecule has 146 valence electrons. The predicted molar refractivity (Wildman–Crippen MR) is 94.6 cm³/mol. The Morgan fingerprint density at radius 1 is 1.22 bits per heavy atom. The Bertz CT molecular complexity index is 848. The van der Waals surface area contributed by atoms with Gasteiger partial charge < -0.3 is 14.9 Å². The van der Waals surface area contributed by atoms with Crippen molar-refractivity contribution >= 4 is 17.6 Å². The minimum Gasteiger partial charge on any atom is -0.508 e. The molecule has 0 aliphatic carbocycles. The highest BCUT2D eigenvalue weighted by molar-refractivity contribution is 6.31. The number of phenols is 1. The van der Waals surface area contributed by atoms with Crippen LogP contribution in [0.4, 0.5) is 13.2 Å². The number of carbonyl (C=O) groups is 1. The lowest BCUT2D eigenvalue weighted by Gasteiger charge is -2.17. The smallest absolute Gasteiger partial charge is 0.416 e. The van der Waals surface area contributed by atoms with E-state index >= 15 is 0 Å². The number of carboxylic acid groups (broad SMARTS) is 1. The molecular formula is C19H18ClF3O4. The van der Waals surface area contributed by atoms with Crippen molar-refractivity contribution in [1.29, 1.82) is 0 Å². The molecule has 0 radical (unpaired) electrons. The quantitative estimate of drug-likeness (QED) is 0.693. The third-order valence-electron chi connectivity index (χ3n) is 3.93. The van der Waals surface area contributed by atoms with E-state index in [0.717, 1.165) is 6.07 Å². The van der Waals surface area contributed by atoms with Crippen LogP contribution in [0.5, 0.6) is 11.5 Å². The second-order valence-electron chi connectivity index (χ2n) is 6.34. The van der Waals surface area contributed by atoms with Crippen LogP contribution in [-0.4, -0.2) is 22.8 Å². The molecule has 8 heteroatoms. The van der Waals surface area contributed by atoms with Gasteiger partial charge in [0.05, 0.1) is 5.56 Å². The molecule has 4 nitrogen and oxygen atoms in total. The molecular weight excluding hydrogens is 385 g/mol. The fraction of sp³-hybridized carbons (Fsp3) is 0.316. The number of carboxylic acids is 1. The summed E-state index contributed by atoms with van der Waals surface area (Å²) in [5.74, 6) is -1.51. The van der Waals surface area contributed by atoms with Gasteiger partial charge in [-0.15, -0.1) is 0 Å². The lowest BCUT2D eigenvalue weighted by molar-refractivity contribution is -0.139. The van der Waals surface area contributed by atoms with Crippen molar-refractivity contribution in [2.75, 3.05) is 6.61 Å². The Morgan fingerprint density at radius 2 is 1.89 bits per heavy atom. The van der Waals surface area contributed by atoms with Crippen LogP contribution in [0.1, 0.15) is 42.0 Å². The monoisotopic (exact) mass is 402 g/mol. The number of alkyl halides is 3. The first-order valence-corrected chi connectivity index (χ1v) is 8.42. The van der Waals surface area contributed by atoms with E-state index in [4.69, 9.17) is 21.4 Å². The lowest BCUT2D eigenvalue weighted by atomic mass is 9.94. The molecule has 0 bridgehead atoms. The summed E-state index contributed by atoms with van der Waals surface area (Å²) < 4.78 is 45.4. The van der Waals surface area contributed by atoms with Crippen LogP contribution in [0.2, 0.25) is 5.02 Å². The first-order valence-electron chi connectivity index (χ1n) is 8.05. The minimum absolute atomic E-state index is 0.00527. The van der Waals surface area contributed by atoms with Crippen LogP contribution >= 0.6 is 11.6 Å². The van der Waals surface area contributed by atoms with Crippen molar-refractivity contribution in [3.05, 3.63) is 57.6 Å². The number of phenolic OH excluding ortho intramolecular Hbond substituents is 1. The Labute approximate surface area is 159 Å². The topological polar surface area (TPSA) is 66.8 Å². The van der Waals surface area contributed by atoms with Gasteiger partial charge in [-0.25, -0.2) is 4.79 Å². The molecule has 27 heavy (non-hydrogen) atoms. The van der Waals surface area contributed by atoms with Gasteiger partial charge in [-0.3, -0.25) is 0 Å². The molecule has 2 rings (SSSR count). The maximum Gasteiger partial charge on any atom is 0.416 e. The number of aliphatic carboxylic acids is 1. The number of hydrogen-bond donors (Lipinski definition) is 2. The van der Waals surface area contributed by atoms with Crippen molar-refractivity contribution < 1.29 is 32.9 Å². The molecule has 0 unspecified atom stereocenters. The maximum absolute atomic E-state index is 13.5. The number of benzene rings is 2. The van der Waals surface area contributed by atoms with E-state index in [1.807, 2.05) is 13.8 Å². The predicted octanol–water partition coefficient (Wildman–Crippen LogP) is 5.24. The summed E-state index contributed by atoms with van der Waals surface area (Å²) in [4.78, 5) is 10.6. The molecule has 2 aromatic rings. The van der Waals surface area contributed by atoms with Gasteiger partial charge in [-0.2, -0.15) is 13.2 Å². The van der Waals surface area contributed by atoms with Crippen molar-refractivity contribution in [1.82, 2.24) is 0 Å². The van der Waals surface area contributed by atoms with Crippen LogP contribution in [0.15, 0.2) is 30.3 Å². The third kappa shape index (κ3) is 5.29. The Balaban J connectivity index is 2.46. The van der Waals surface area contributed by atoms with Crippen molar-refractivity contribution in [2.24, 2.45) is 0 Å². The first kappa shape index (κ1) is 20.9. The van der Waals surface area contributed by atoms with E-state index in [9.17, 15) is 23.1 Å². The summed E-state index contributed by atoms with van der Waals surface area (Å²) in [7, 11) is 0. The Morgan fingerprint density at radius 3 is 2.44 bits per heavy atom. The zero-order valence-electron chi connectivity index (χ0n) is 14.6. The normalized spacial score (nSPS) is 11.7. The van der Waals surface area contributed by atoms with Gasteiger partial charge in [0.1, 0.15) is 11.5 Å². The molecule has 0 heterocycles. The second kappa shape index (κ2) is 8.08. The standard InChI is InChI=1S/C19H18ClF3O4/c1-10(2)13-5-11(3-4-17(13)24)6-14-15(19(21,22)23)7-12(8-16(14)20)27-9-18(25)26/h3-5,7-8,10,24H,6,9H2,1-2H3,(H,25,26). The number of halogens is 4. The van der Waals surface area contributed by atoms with Gasteiger partial charge >= 0.3 is 12.1 Å². The van der Waals surface area contributed by atoms with Gasteiger partial charge in [0.15, 0.2) is 6.61 Å². The fourth-order valence-corrected chi connectivity index (χ4v) is 2.93. The van der Waals surface area contributed by atoms with E-state index in [1.165, 1.54) is 18.2 Å². The van der Waals surface area contributed by atoms with Gasteiger partial charge in [-0.05, 0) is 47.2 Å².